The second kappa shape index (κ2) is 6.08. The maximum absolute atomic E-state index is 12.2. The highest BCUT2D eigenvalue weighted by Gasteiger charge is 2.33. The summed E-state index contributed by atoms with van der Waals surface area (Å²) in [5.74, 6) is 0.113. The fourth-order valence-electron chi connectivity index (χ4n) is 2.62. The van der Waals surface area contributed by atoms with Crippen molar-refractivity contribution < 1.29 is 9.53 Å². The van der Waals surface area contributed by atoms with Gasteiger partial charge in [0.2, 0.25) is 0 Å². The minimum absolute atomic E-state index is 0.113. The molecule has 2 heterocycles. The summed E-state index contributed by atoms with van der Waals surface area (Å²) in [6, 6.07) is 9.38. The average Bonchev–Trinajstić information content (AvgIpc) is 2.98. The lowest BCUT2D eigenvalue weighted by Crippen LogP contribution is -2.30. The molecule has 21 heavy (non-hydrogen) atoms. The maximum Gasteiger partial charge on any atom is 0.168 e. The Morgan fingerprint density at radius 2 is 2.14 bits per heavy atom. The Bertz CT molecular complexity index is 615. The molecule has 2 aromatic rings. The van der Waals surface area contributed by atoms with Gasteiger partial charge in [-0.05, 0) is 26.2 Å². The van der Waals surface area contributed by atoms with Gasteiger partial charge < -0.3 is 4.74 Å². The van der Waals surface area contributed by atoms with Gasteiger partial charge in [-0.15, -0.1) is 11.3 Å². The molecule has 1 fully saturated rings. The number of hydrogen-bond donors (Lipinski definition) is 0. The summed E-state index contributed by atoms with van der Waals surface area (Å²) in [4.78, 5) is 16.9. The first-order valence-corrected chi connectivity index (χ1v) is 8.22. The van der Waals surface area contributed by atoms with Crippen molar-refractivity contribution in [1.82, 2.24) is 4.98 Å². The predicted octanol–water partition coefficient (Wildman–Crippen LogP) is 3.98. The van der Waals surface area contributed by atoms with Gasteiger partial charge in [0.1, 0.15) is 10.6 Å². The molecule has 1 unspecified atom stereocenters. The first-order chi connectivity index (χ1) is 10.2. The van der Waals surface area contributed by atoms with Crippen molar-refractivity contribution in [3.05, 3.63) is 52.0 Å². The standard InChI is InChI=1S/C17H19NO2S/c1-17(9-5-6-10-20-17)16-18-14(12-21-16)11-15(19)13-7-3-2-4-8-13/h2-4,7-8,12H,5-6,9-11H2,1H3. The second-order valence-electron chi connectivity index (χ2n) is 5.65. The van der Waals surface area contributed by atoms with E-state index in [9.17, 15) is 4.79 Å². The van der Waals surface area contributed by atoms with Gasteiger partial charge in [0.05, 0.1) is 12.1 Å². The van der Waals surface area contributed by atoms with Crippen LogP contribution in [0.5, 0.6) is 0 Å². The highest BCUT2D eigenvalue weighted by Crippen LogP contribution is 2.36. The Balaban J connectivity index is 1.72. The van der Waals surface area contributed by atoms with Crippen LogP contribution in [0.2, 0.25) is 0 Å². The Kier molecular flexibility index (Phi) is 4.17. The van der Waals surface area contributed by atoms with E-state index in [1.807, 2.05) is 35.7 Å². The van der Waals surface area contributed by atoms with Crippen LogP contribution in [0.1, 0.15) is 47.2 Å². The van der Waals surface area contributed by atoms with Gasteiger partial charge >= 0.3 is 0 Å². The molecule has 1 saturated heterocycles. The highest BCUT2D eigenvalue weighted by atomic mass is 32.1. The minimum atomic E-state index is -0.267. The average molecular weight is 301 g/mol. The number of ether oxygens (including phenoxy) is 1. The number of hydrogen-bond acceptors (Lipinski definition) is 4. The molecule has 0 spiro atoms. The van der Waals surface area contributed by atoms with Crippen LogP contribution in [0.3, 0.4) is 0 Å². The molecule has 1 aromatic carbocycles. The van der Waals surface area contributed by atoms with E-state index in [2.05, 4.69) is 11.9 Å². The zero-order valence-electron chi connectivity index (χ0n) is 12.2. The molecule has 1 aliphatic heterocycles. The van der Waals surface area contributed by atoms with Crippen molar-refractivity contribution in [1.29, 1.82) is 0 Å². The number of aromatic nitrogens is 1. The number of ketones is 1. The van der Waals surface area contributed by atoms with E-state index >= 15 is 0 Å². The van der Waals surface area contributed by atoms with Crippen LogP contribution >= 0.6 is 11.3 Å². The number of rotatable bonds is 4. The van der Waals surface area contributed by atoms with E-state index in [-0.39, 0.29) is 11.4 Å². The quantitative estimate of drug-likeness (QED) is 0.802. The number of carbonyl (C=O) groups is 1. The zero-order valence-corrected chi connectivity index (χ0v) is 13.0. The largest absolute Gasteiger partial charge is 0.368 e. The lowest BCUT2D eigenvalue weighted by Gasteiger charge is -2.31. The highest BCUT2D eigenvalue weighted by molar-refractivity contribution is 7.09. The van der Waals surface area contributed by atoms with Crippen molar-refractivity contribution in [3.8, 4) is 0 Å². The molecular formula is C17H19NO2S. The van der Waals surface area contributed by atoms with Crippen LogP contribution in [0.4, 0.5) is 0 Å². The lowest BCUT2D eigenvalue weighted by molar-refractivity contribution is -0.0702. The molecule has 4 heteroatoms. The van der Waals surface area contributed by atoms with Crippen molar-refractivity contribution in [2.24, 2.45) is 0 Å². The lowest BCUT2D eigenvalue weighted by atomic mass is 9.97. The minimum Gasteiger partial charge on any atom is -0.368 e. The SMILES string of the molecule is CC1(c2nc(CC(=O)c3ccccc3)cs2)CCCCO1. The Morgan fingerprint density at radius 1 is 1.33 bits per heavy atom. The van der Waals surface area contributed by atoms with E-state index in [0.29, 0.717) is 6.42 Å². The van der Waals surface area contributed by atoms with E-state index in [1.54, 1.807) is 11.3 Å². The summed E-state index contributed by atoms with van der Waals surface area (Å²) in [5.41, 5.74) is 1.32. The third kappa shape index (κ3) is 3.22. The van der Waals surface area contributed by atoms with Crippen LogP contribution in [-0.4, -0.2) is 17.4 Å². The third-order valence-corrected chi connectivity index (χ3v) is 5.05. The summed E-state index contributed by atoms with van der Waals surface area (Å²) in [7, 11) is 0. The molecule has 0 bridgehead atoms. The van der Waals surface area contributed by atoms with Crippen molar-refractivity contribution >= 4 is 17.1 Å². The van der Waals surface area contributed by atoms with Gasteiger partial charge in [-0.1, -0.05) is 30.3 Å². The van der Waals surface area contributed by atoms with Crippen molar-refractivity contribution in [2.45, 2.75) is 38.2 Å². The topological polar surface area (TPSA) is 39.2 Å². The van der Waals surface area contributed by atoms with E-state index in [4.69, 9.17) is 4.74 Å². The van der Waals surface area contributed by atoms with Crippen LogP contribution in [0, 0.1) is 0 Å². The number of nitrogens with zero attached hydrogens (tertiary/aromatic N) is 1. The Morgan fingerprint density at radius 3 is 2.86 bits per heavy atom. The molecule has 3 rings (SSSR count). The smallest absolute Gasteiger partial charge is 0.168 e. The molecule has 1 aromatic heterocycles. The third-order valence-electron chi connectivity index (χ3n) is 3.91. The fraction of sp³-hybridized carbons (Fsp3) is 0.412. The molecule has 1 atom stereocenters. The van der Waals surface area contributed by atoms with Gasteiger partial charge in [0.25, 0.3) is 0 Å². The Labute approximate surface area is 129 Å². The molecule has 1 aliphatic rings. The number of benzene rings is 1. The normalized spacial score (nSPS) is 22.1. The summed E-state index contributed by atoms with van der Waals surface area (Å²) in [6.07, 6.45) is 3.66. The fourth-order valence-corrected chi connectivity index (χ4v) is 3.59. The number of carbonyl (C=O) groups excluding carboxylic acids is 1. The van der Waals surface area contributed by atoms with Crippen LogP contribution < -0.4 is 0 Å². The number of thiazole rings is 1. The van der Waals surface area contributed by atoms with E-state index < -0.39 is 0 Å². The molecule has 3 nitrogen and oxygen atoms in total. The van der Waals surface area contributed by atoms with Gasteiger partial charge in [-0.2, -0.15) is 0 Å². The zero-order chi connectivity index (χ0) is 14.7. The van der Waals surface area contributed by atoms with Gasteiger partial charge in [-0.3, -0.25) is 4.79 Å². The molecule has 0 radical (unpaired) electrons. The predicted molar refractivity (Wildman–Crippen MR) is 83.7 cm³/mol. The van der Waals surface area contributed by atoms with Gasteiger partial charge in [0.15, 0.2) is 5.78 Å². The van der Waals surface area contributed by atoms with Gasteiger partial charge in [0, 0.05) is 17.6 Å². The van der Waals surface area contributed by atoms with Crippen LogP contribution in [-0.2, 0) is 16.8 Å². The van der Waals surface area contributed by atoms with Crippen LogP contribution in [0.15, 0.2) is 35.7 Å². The first-order valence-electron chi connectivity index (χ1n) is 7.34. The van der Waals surface area contributed by atoms with Crippen molar-refractivity contribution in [3.63, 3.8) is 0 Å². The van der Waals surface area contributed by atoms with E-state index in [1.165, 1.54) is 6.42 Å². The second-order valence-corrected chi connectivity index (χ2v) is 6.50. The van der Waals surface area contributed by atoms with E-state index in [0.717, 1.165) is 35.7 Å². The summed E-state index contributed by atoms with van der Waals surface area (Å²) in [6.45, 7) is 2.90. The number of Topliss-reactive ketones (excluding diaryl/α,β-unsaturated/α-hetero) is 1. The summed E-state index contributed by atoms with van der Waals surface area (Å²) >= 11 is 1.60. The van der Waals surface area contributed by atoms with Crippen LogP contribution in [0.25, 0.3) is 0 Å². The summed E-state index contributed by atoms with van der Waals surface area (Å²) in [5, 5.41) is 2.98. The van der Waals surface area contributed by atoms with Gasteiger partial charge in [-0.25, -0.2) is 4.98 Å². The molecule has 0 aliphatic carbocycles. The first kappa shape index (κ1) is 14.4. The monoisotopic (exact) mass is 301 g/mol. The molecule has 0 N–H and O–H groups in total. The Hall–Kier alpha value is -1.52. The van der Waals surface area contributed by atoms with Crippen molar-refractivity contribution in [2.75, 3.05) is 6.61 Å². The molecule has 0 saturated carbocycles. The molecule has 0 amide bonds. The maximum atomic E-state index is 12.2. The molecule has 110 valence electrons. The molecular weight excluding hydrogens is 282 g/mol. The summed E-state index contributed by atoms with van der Waals surface area (Å²) < 4.78 is 5.92.